The van der Waals surface area contributed by atoms with Crippen LogP contribution in [-0.4, -0.2) is 23.3 Å². The first-order chi connectivity index (χ1) is 8.58. The van der Waals surface area contributed by atoms with Gasteiger partial charge >= 0.3 is 6.03 Å². The maximum absolute atomic E-state index is 11.4. The van der Waals surface area contributed by atoms with Gasteiger partial charge in [0.1, 0.15) is 0 Å². The number of nitrogens with one attached hydrogen (secondary N) is 1. The monoisotopic (exact) mass is 244 g/mol. The molecular formula is C14H16N2O2. The zero-order chi connectivity index (χ0) is 13.1. The lowest BCUT2D eigenvalue weighted by atomic mass is 10.0. The molecule has 0 aromatic heterocycles. The number of hydroxylamine groups is 2. The topological polar surface area (TPSA) is 52.6 Å². The smallest absolute Gasteiger partial charge is 0.330 e. The van der Waals surface area contributed by atoms with Gasteiger partial charge in [0.15, 0.2) is 0 Å². The first kappa shape index (κ1) is 12.4. The van der Waals surface area contributed by atoms with Gasteiger partial charge in [-0.2, -0.15) is 0 Å². The molecule has 0 fully saturated rings. The first-order valence-electron chi connectivity index (χ1n) is 5.80. The quantitative estimate of drug-likeness (QED) is 0.630. The van der Waals surface area contributed by atoms with Crippen LogP contribution >= 0.6 is 0 Å². The standard InChI is InChI=1S/C14H16N2O2/c1-10(15-14(17)16(2)18)12-8-7-11-5-3-4-6-13(11)9-12/h3-10,18H,1-2H3,(H,15,17). The predicted molar refractivity (Wildman–Crippen MR) is 70.4 cm³/mol. The van der Waals surface area contributed by atoms with Gasteiger partial charge in [0.05, 0.1) is 6.04 Å². The molecule has 94 valence electrons. The molecule has 2 amide bonds. The molecule has 0 heterocycles. The van der Waals surface area contributed by atoms with E-state index >= 15 is 0 Å². The van der Waals surface area contributed by atoms with Gasteiger partial charge in [-0.15, -0.1) is 0 Å². The van der Waals surface area contributed by atoms with Crippen molar-refractivity contribution in [3.05, 3.63) is 48.0 Å². The minimum absolute atomic E-state index is 0.156. The van der Waals surface area contributed by atoms with Crippen molar-refractivity contribution in [2.45, 2.75) is 13.0 Å². The van der Waals surface area contributed by atoms with E-state index in [4.69, 9.17) is 5.21 Å². The van der Waals surface area contributed by atoms with E-state index in [1.54, 1.807) is 0 Å². The Morgan fingerprint density at radius 1 is 1.22 bits per heavy atom. The summed E-state index contributed by atoms with van der Waals surface area (Å²) in [6.45, 7) is 1.88. The third kappa shape index (κ3) is 2.60. The van der Waals surface area contributed by atoms with Crippen LogP contribution in [0.2, 0.25) is 0 Å². The number of fused-ring (bicyclic) bond motifs is 1. The van der Waals surface area contributed by atoms with Gasteiger partial charge < -0.3 is 5.32 Å². The van der Waals surface area contributed by atoms with E-state index in [2.05, 4.69) is 5.32 Å². The molecule has 0 aliphatic carbocycles. The second-order valence-electron chi connectivity index (χ2n) is 4.30. The number of hydrogen-bond acceptors (Lipinski definition) is 2. The largest absolute Gasteiger partial charge is 0.341 e. The highest BCUT2D eigenvalue weighted by molar-refractivity contribution is 5.83. The van der Waals surface area contributed by atoms with Crippen molar-refractivity contribution in [2.24, 2.45) is 0 Å². The summed E-state index contributed by atoms with van der Waals surface area (Å²) in [5.74, 6) is 0. The average molecular weight is 244 g/mol. The first-order valence-corrected chi connectivity index (χ1v) is 5.80. The molecule has 2 N–H and O–H groups in total. The van der Waals surface area contributed by atoms with Crippen molar-refractivity contribution in [1.29, 1.82) is 0 Å². The molecule has 18 heavy (non-hydrogen) atoms. The maximum atomic E-state index is 11.4. The second kappa shape index (κ2) is 5.06. The molecule has 0 aliphatic rings. The Morgan fingerprint density at radius 2 is 1.89 bits per heavy atom. The van der Waals surface area contributed by atoms with Crippen LogP contribution in [0.15, 0.2) is 42.5 Å². The molecule has 0 spiro atoms. The summed E-state index contributed by atoms with van der Waals surface area (Å²) in [6.07, 6.45) is 0. The number of benzene rings is 2. The highest BCUT2D eigenvalue weighted by atomic mass is 16.5. The van der Waals surface area contributed by atoms with Crippen molar-refractivity contribution in [3.8, 4) is 0 Å². The maximum Gasteiger partial charge on any atom is 0.341 e. The number of hydrogen-bond donors (Lipinski definition) is 2. The Balaban J connectivity index is 2.22. The van der Waals surface area contributed by atoms with Crippen molar-refractivity contribution >= 4 is 16.8 Å². The third-order valence-electron chi connectivity index (χ3n) is 2.91. The van der Waals surface area contributed by atoms with E-state index in [-0.39, 0.29) is 6.04 Å². The van der Waals surface area contributed by atoms with Gasteiger partial charge in [-0.3, -0.25) is 5.21 Å². The van der Waals surface area contributed by atoms with Gasteiger partial charge in [0, 0.05) is 7.05 Å². The van der Waals surface area contributed by atoms with Crippen LogP contribution in [0.5, 0.6) is 0 Å². The van der Waals surface area contributed by atoms with E-state index in [1.807, 2.05) is 49.4 Å². The summed E-state index contributed by atoms with van der Waals surface area (Å²) >= 11 is 0. The average Bonchev–Trinajstić information content (AvgIpc) is 2.37. The molecule has 2 aromatic carbocycles. The number of rotatable bonds is 2. The van der Waals surface area contributed by atoms with Crippen LogP contribution in [0, 0.1) is 0 Å². The Morgan fingerprint density at radius 3 is 2.56 bits per heavy atom. The molecule has 0 saturated carbocycles. The third-order valence-corrected chi connectivity index (χ3v) is 2.91. The van der Waals surface area contributed by atoms with Crippen LogP contribution < -0.4 is 5.32 Å². The van der Waals surface area contributed by atoms with Gasteiger partial charge in [-0.05, 0) is 29.3 Å². The molecule has 1 atom stereocenters. The highest BCUT2D eigenvalue weighted by Crippen LogP contribution is 2.20. The summed E-state index contributed by atoms with van der Waals surface area (Å²) in [7, 11) is 1.29. The van der Waals surface area contributed by atoms with Crippen LogP contribution in [-0.2, 0) is 0 Å². The van der Waals surface area contributed by atoms with E-state index in [9.17, 15) is 4.79 Å². The number of urea groups is 1. The highest BCUT2D eigenvalue weighted by Gasteiger charge is 2.11. The number of amides is 2. The van der Waals surface area contributed by atoms with E-state index < -0.39 is 6.03 Å². The number of nitrogens with zero attached hydrogens (tertiary/aromatic N) is 1. The van der Waals surface area contributed by atoms with E-state index in [0.717, 1.165) is 10.9 Å². The van der Waals surface area contributed by atoms with Gasteiger partial charge in [0.2, 0.25) is 0 Å². The van der Waals surface area contributed by atoms with E-state index in [0.29, 0.717) is 5.06 Å². The summed E-state index contributed by atoms with van der Waals surface area (Å²) in [4.78, 5) is 11.4. The summed E-state index contributed by atoms with van der Waals surface area (Å²) in [5.41, 5.74) is 1.00. The minimum Gasteiger partial charge on any atom is -0.330 e. The lowest BCUT2D eigenvalue weighted by Crippen LogP contribution is -2.36. The van der Waals surface area contributed by atoms with Crippen LogP contribution in [0.1, 0.15) is 18.5 Å². The van der Waals surface area contributed by atoms with Crippen molar-refractivity contribution in [2.75, 3.05) is 7.05 Å². The molecule has 4 heteroatoms. The van der Waals surface area contributed by atoms with E-state index in [1.165, 1.54) is 12.4 Å². The fourth-order valence-corrected chi connectivity index (χ4v) is 1.84. The number of carbonyl (C=O) groups is 1. The van der Waals surface area contributed by atoms with Gasteiger partial charge in [-0.1, -0.05) is 36.4 Å². The van der Waals surface area contributed by atoms with Crippen LogP contribution in [0.4, 0.5) is 4.79 Å². The Bertz CT molecular complexity index is 566. The summed E-state index contributed by atoms with van der Waals surface area (Å²) in [6, 6.07) is 13.4. The van der Waals surface area contributed by atoms with Crippen LogP contribution in [0.3, 0.4) is 0 Å². The lowest BCUT2D eigenvalue weighted by molar-refractivity contribution is -0.0192. The second-order valence-corrected chi connectivity index (χ2v) is 4.30. The van der Waals surface area contributed by atoms with Crippen molar-refractivity contribution in [3.63, 3.8) is 0 Å². The predicted octanol–water partition coefficient (Wildman–Crippen LogP) is 2.93. The molecule has 0 radical (unpaired) electrons. The Labute approximate surface area is 106 Å². The van der Waals surface area contributed by atoms with Crippen LogP contribution in [0.25, 0.3) is 10.8 Å². The zero-order valence-corrected chi connectivity index (χ0v) is 10.4. The molecule has 2 rings (SSSR count). The molecule has 0 bridgehead atoms. The minimum atomic E-state index is -0.518. The molecule has 4 nitrogen and oxygen atoms in total. The molecule has 0 aliphatic heterocycles. The van der Waals surface area contributed by atoms with Gasteiger partial charge in [0.25, 0.3) is 0 Å². The normalized spacial score (nSPS) is 12.2. The Kier molecular flexibility index (Phi) is 3.48. The molecule has 2 aromatic rings. The van der Waals surface area contributed by atoms with Crippen molar-refractivity contribution in [1.82, 2.24) is 10.4 Å². The van der Waals surface area contributed by atoms with Crippen molar-refractivity contribution < 1.29 is 10.0 Å². The fourth-order valence-electron chi connectivity index (χ4n) is 1.84. The summed E-state index contributed by atoms with van der Waals surface area (Å²) < 4.78 is 0. The summed E-state index contributed by atoms with van der Waals surface area (Å²) in [5, 5.41) is 14.5. The molecular weight excluding hydrogens is 228 g/mol. The lowest BCUT2D eigenvalue weighted by Gasteiger charge is -2.17. The fraction of sp³-hybridized carbons (Fsp3) is 0.214. The SMILES string of the molecule is CC(NC(=O)N(C)O)c1ccc2ccccc2c1. The molecule has 1 unspecified atom stereocenters. The zero-order valence-electron chi connectivity index (χ0n) is 10.4. The number of carbonyl (C=O) groups excluding carboxylic acids is 1. The Hall–Kier alpha value is -2.07. The van der Waals surface area contributed by atoms with Gasteiger partial charge in [-0.25, -0.2) is 9.86 Å². The molecule has 0 saturated heterocycles.